The molecule has 1 aliphatic rings. The van der Waals surface area contributed by atoms with Crippen LogP contribution in [-0.2, 0) is 16.0 Å². The molecule has 0 bridgehead atoms. The van der Waals surface area contributed by atoms with Gasteiger partial charge in [0.25, 0.3) is 0 Å². The number of ether oxygens (including phenoxy) is 1. The highest BCUT2D eigenvalue weighted by molar-refractivity contribution is 5.80. The number of guanidine groups is 1. The van der Waals surface area contributed by atoms with Crippen LogP contribution < -0.4 is 10.6 Å². The van der Waals surface area contributed by atoms with Crippen molar-refractivity contribution in [3.05, 3.63) is 30.2 Å². The van der Waals surface area contributed by atoms with Crippen molar-refractivity contribution in [1.29, 1.82) is 0 Å². The second-order valence-electron chi connectivity index (χ2n) is 7.00. The van der Waals surface area contributed by atoms with Crippen LogP contribution in [0.1, 0.15) is 45.4 Å². The summed E-state index contributed by atoms with van der Waals surface area (Å²) in [6, 6.07) is 6.20. The Bertz CT molecular complexity index is 795. The van der Waals surface area contributed by atoms with Gasteiger partial charge in [-0.2, -0.15) is 0 Å². The van der Waals surface area contributed by atoms with Crippen LogP contribution in [0.2, 0.25) is 0 Å². The maximum absolute atomic E-state index is 11.9. The normalized spacial score (nSPS) is 20.1. The van der Waals surface area contributed by atoms with Crippen LogP contribution >= 0.6 is 0 Å². The fourth-order valence-corrected chi connectivity index (χ4v) is 3.58. The van der Waals surface area contributed by atoms with Crippen molar-refractivity contribution in [2.75, 3.05) is 19.7 Å². The summed E-state index contributed by atoms with van der Waals surface area (Å²) in [4.78, 5) is 16.6. The molecule has 2 N–H and O–H groups in total. The zero-order valence-corrected chi connectivity index (χ0v) is 16.7. The average molecular weight is 387 g/mol. The first-order valence-corrected chi connectivity index (χ1v) is 10.2. The van der Waals surface area contributed by atoms with E-state index in [1.807, 2.05) is 35.7 Å². The molecule has 2 aromatic rings. The van der Waals surface area contributed by atoms with Gasteiger partial charge >= 0.3 is 5.97 Å². The molecule has 0 aliphatic heterocycles. The quantitative estimate of drug-likeness (QED) is 0.429. The molecule has 1 fully saturated rings. The Morgan fingerprint density at radius 1 is 1.25 bits per heavy atom. The number of nitrogens with zero attached hydrogens (tertiary/aromatic N) is 4. The van der Waals surface area contributed by atoms with Gasteiger partial charge in [-0.15, -0.1) is 10.2 Å². The van der Waals surface area contributed by atoms with E-state index in [2.05, 4.69) is 27.8 Å². The van der Waals surface area contributed by atoms with E-state index in [-0.39, 0.29) is 11.9 Å². The molecule has 28 heavy (non-hydrogen) atoms. The summed E-state index contributed by atoms with van der Waals surface area (Å²) < 4.78 is 7.14. The summed E-state index contributed by atoms with van der Waals surface area (Å²) in [5.74, 6) is 1.71. The van der Waals surface area contributed by atoms with Gasteiger partial charge in [-0.05, 0) is 51.7 Å². The van der Waals surface area contributed by atoms with Gasteiger partial charge < -0.3 is 15.4 Å². The van der Waals surface area contributed by atoms with Gasteiger partial charge in [0.1, 0.15) is 5.82 Å². The van der Waals surface area contributed by atoms with E-state index >= 15 is 0 Å². The van der Waals surface area contributed by atoms with Gasteiger partial charge in [0.15, 0.2) is 11.6 Å². The second kappa shape index (κ2) is 10.1. The molecule has 0 aromatic carbocycles. The molecule has 0 radical (unpaired) electrons. The number of fused-ring (bicyclic) bond motifs is 1. The maximum atomic E-state index is 11.9. The average Bonchev–Trinajstić information content (AvgIpc) is 3.12. The molecule has 0 atom stereocenters. The molecule has 2 aromatic heterocycles. The molecule has 2 heterocycles. The molecule has 3 rings (SSSR count). The Kier molecular flexibility index (Phi) is 7.22. The van der Waals surface area contributed by atoms with Gasteiger partial charge in [0, 0.05) is 31.7 Å². The minimum absolute atomic E-state index is 0.0405. The lowest BCUT2D eigenvalue weighted by Gasteiger charge is -2.29. The van der Waals surface area contributed by atoms with Gasteiger partial charge in [-0.3, -0.25) is 14.2 Å². The fourth-order valence-electron chi connectivity index (χ4n) is 3.58. The number of hydrogen-bond donors (Lipinski definition) is 2. The number of nitrogens with one attached hydrogen (secondary N) is 2. The van der Waals surface area contributed by atoms with Crippen molar-refractivity contribution in [1.82, 2.24) is 25.2 Å². The molecule has 0 spiro atoms. The van der Waals surface area contributed by atoms with E-state index in [0.29, 0.717) is 19.2 Å². The first-order chi connectivity index (χ1) is 13.7. The molecule has 8 heteroatoms. The summed E-state index contributed by atoms with van der Waals surface area (Å²) in [6.45, 7) is 5.80. The lowest BCUT2D eigenvalue weighted by Crippen LogP contribution is -2.45. The minimum atomic E-state index is -0.0537. The number of esters is 1. The SMILES string of the molecule is CCNC(=NCCc1nnc2ccccn12)NC1CCC(C(=O)OCC)CC1. The third-order valence-corrected chi connectivity index (χ3v) is 5.02. The second-order valence-corrected chi connectivity index (χ2v) is 7.00. The topological polar surface area (TPSA) is 92.9 Å². The first-order valence-electron chi connectivity index (χ1n) is 10.2. The summed E-state index contributed by atoms with van der Waals surface area (Å²) in [7, 11) is 0. The monoisotopic (exact) mass is 386 g/mol. The Morgan fingerprint density at radius 2 is 2.07 bits per heavy atom. The number of pyridine rings is 1. The van der Waals surface area contributed by atoms with Crippen molar-refractivity contribution >= 4 is 17.6 Å². The molecular formula is C20H30N6O2. The predicted molar refractivity (Wildman–Crippen MR) is 108 cm³/mol. The van der Waals surface area contributed by atoms with Gasteiger partial charge in [-0.1, -0.05) is 6.07 Å². The standard InChI is InChI=1S/C20H30N6O2/c1-3-21-20(23-16-10-8-15(9-11-16)19(27)28-4-2)22-13-12-18-25-24-17-7-5-6-14-26(17)18/h5-7,14-16H,3-4,8-13H2,1-2H3,(H2,21,22,23). The molecule has 0 amide bonds. The minimum Gasteiger partial charge on any atom is -0.466 e. The van der Waals surface area contributed by atoms with Crippen LogP contribution in [0.3, 0.4) is 0 Å². The molecule has 8 nitrogen and oxygen atoms in total. The van der Waals surface area contributed by atoms with Crippen molar-refractivity contribution in [2.45, 2.75) is 52.0 Å². The molecular weight excluding hydrogens is 356 g/mol. The van der Waals surface area contributed by atoms with E-state index < -0.39 is 0 Å². The van der Waals surface area contributed by atoms with E-state index in [1.165, 1.54) is 0 Å². The van der Waals surface area contributed by atoms with Crippen LogP contribution in [0.15, 0.2) is 29.4 Å². The van der Waals surface area contributed by atoms with Crippen molar-refractivity contribution in [3.63, 3.8) is 0 Å². The number of rotatable bonds is 7. The Balaban J connectivity index is 1.51. The van der Waals surface area contributed by atoms with E-state index in [0.717, 1.165) is 56.1 Å². The molecule has 1 saturated carbocycles. The zero-order chi connectivity index (χ0) is 19.8. The summed E-state index contributed by atoms with van der Waals surface area (Å²) in [5.41, 5.74) is 0.852. The Hall–Kier alpha value is -2.64. The molecule has 0 saturated heterocycles. The van der Waals surface area contributed by atoms with Crippen LogP contribution in [0.25, 0.3) is 5.65 Å². The van der Waals surface area contributed by atoms with Crippen LogP contribution in [0.4, 0.5) is 0 Å². The smallest absolute Gasteiger partial charge is 0.308 e. The van der Waals surface area contributed by atoms with Gasteiger partial charge in [0.2, 0.25) is 0 Å². The third kappa shape index (κ3) is 5.21. The van der Waals surface area contributed by atoms with Crippen LogP contribution in [0.5, 0.6) is 0 Å². The van der Waals surface area contributed by atoms with Crippen molar-refractivity contribution < 1.29 is 9.53 Å². The van der Waals surface area contributed by atoms with Crippen molar-refractivity contribution in [3.8, 4) is 0 Å². The number of carbonyl (C=O) groups is 1. The summed E-state index contributed by atoms with van der Waals surface area (Å²) >= 11 is 0. The summed E-state index contributed by atoms with van der Waals surface area (Å²) in [6.07, 6.45) is 6.31. The number of aromatic nitrogens is 3. The van der Waals surface area contributed by atoms with E-state index in [9.17, 15) is 4.79 Å². The Labute approximate surface area is 165 Å². The number of aliphatic imine (C=N–C) groups is 1. The van der Waals surface area contributed by atoms with Crippen LogP contribution in [-0.4, -0.2) is 52.3 Å². The van der Waals surface area contributed by atoms with E-state index in [4.69, 9.17) is 9.73 Å². The molecule has 0 unspecified atom stereocenters. The third-order valence-electron chi connectivity index (χ3n) is 5.02. The predicted octanol–water partition coefficient (Wildman–Crippen LogP) is 1.95. The highest BCUT2D eigenvalue weighted by Crippen LogP contribution is 2.25. The maximum Gasteiger partial charge on any atom is 0.308 e. The lowest BCUT2D eigenvalue weighted by molar-refractivity contribution is -0.149. The largest absolute Gasteiger partial charge is 0.466 e. The lowest BCUT2D eigenvalue weighted by atomic mass is 9.86. The van der Waals surface area contributed by atoms with Gasteiger partial charge in [-0.25, -0.2) is 0 Å². The number of carbonyl (C=O) groups excluding carboxylic acids is 1. The highest BCUT2D eigenvalue weighted by Gasteiger charge is 2.27. The van der Waals surface area contributed by atoms with Crippen molar-refractivity contribution in [2.24, 2.45) is 10.9 Å². The van der Waals surface area contributed by atoms with E-state index in [1.54, 1.807) is 0 Å². The Morgan fingerprint density at radius 3 is 2.82 bits per heavy atom. The highest BCUT2D eigenvalue weighted by atomic mass is 16.5. The van der Waals surface area contributed by atoms with Crippen LogP contribution in [0, 0.1) is 5.92 Å². The first kappa shape index (κ1) is 20.1. The number of hydrogen-bond acceptors (Lipinski definition) is 5. The fraction of sp³-hybridized carbons (Fsp3) is 0.600. The summed E-state index contributed by atoms with van der Waals surface area (Å²) in [5, 5.41) is 15.2. The molecule has 1 aliphatic carbocycles. The molecule has 152 valence electrons. The van der Waals surface area contributed by atoms with Gasteiger partial charge in [0.05, 0.1) is 12.5 Å². The zero-order valence-electron chi connectivity index (χ0n) is 16.7.